The highest BCUT2D eigenvalue weighted by Crippen LogP contribution is 2.22. The zero-order chi connectivity index (χ0) is 9.68. The van der Waals surface area contributed by atoms with Crippen LogP contribution in [-0.2, 0) is 4.79 Å². The Bertz CT molecular complexity index is 355. The van der Waals surface area contributed by atoms with Gasteiger partial charge in [0.05, 0.1) is 5.69 Å². The molecule has 1 amide bonds. The Labute approximate surface area is 75.7 Å². The smallest absolute Gasteiger partial charge is 0.292 e. The SMILES string of the molecule is CC(=O)Nc1ccccc1OC#N. The molecule has 4 nitrogen and oxygen atoms in total. The summed E-state index contributed by atoms with van der Waals surface area (Å²) in [6.07, 6.45) is 1.55. The second kappa shape index (κ2) is 4.12. The van der Waals surface area contributed by atoms with Crippen molar-refractivity contribution < 1.29 is 9.53 Å². The van der Waals surface area contributed by atoms with Gasteiger partial charge in [0.2, 0.25) is 5.91 Å². The van der Waals surface area contributed by atoms with Gasteiger partial charge in [0.1, 0.15) is 0 Å². The Kier molecular flexibility index (Phi) is 2.87. The highest BCUT2D eigenvalue weighted by atomic mass is 16.5. The first kappa shape index (κ1) is 9.07. The van der Waals surface area contributed by atoms with Crippen LogP contribution in [0.3, 0.4) is 0 Å². The van der Waals surface area contributed by atoms with Gasteiger partial charge < -0.3 is 10.1 Å². The molecule has 1 aromatic rings. The molecule has 13 heavy (non-hydrogen) atoms. The molecule has 0 aliphatic heterocycles. The molecule has 0 aliphatic rings. The summed E-state index contributed by atoms with van der Waals surface area (Å²) in [5, 5.41) is 10.8. The molecule has 1 N–H and O–H groups in total. The molecule has 0 fully saturated rings. The summed E-state index contributed by atoms with van der Waals surface area (Å²) < 4.78 is 4.63. The Morgan fingerprint density at radius 3 is 2.85 bits per heavy atom. The first-order chi connectivity index (χ1) is 6.24. The number of carbonyl (C=O) groups excluding carboxylic acids is 1. The van der Waals surface area contributed by atoms with E-state index >= 15 is 0 Å². The van der Waals surface area contributed by atoms with Gasteiger partial charge in [-0.15, -0.1) is 5.26 Å². The quantitative estimate of drug-likeness (QED) is 0.694. The van der Waals surface area contributed by atoms with E-state index in [0.717, 1.165) is 0 Å². The van der Waals surface area contributed by atoms with Gasteiger partial charge in [-0.1, -0.05) is 12.1 Å². The van der Waals surface area contributed by atoms with Crippen LogP contribution in [0, 0.1) is 11.5 Å². The number of para-hydroxylation sites is 2. The summed E-state index contributed by atoms with van der Waals surface area (Å²) in [5.74, 6) is 0.147. The van der Waals surface area contributed by atoms with Crippen molar-refractivity contribution in [3.05, 3.63) is 24.3 Å². The number of hydrogen-bond acceptors (Lipinski definition) is 3. The molecule has 0 aliphatic carbocycles. The predicted molar refractivity (Wildman–Crippen MR) is 47.0 cm³/mol. The van der Waals surface area contributed by atoms with E-state index in [1.54, 1.807) is 30.5 Å². The third-order valence-corrected chi connectivity index (χ3v) is 1.35. The van der Waals surface area contributed by atoms with E-state index in [0.29, 0.717) is 11.4 Å². The standard InChI is InChI=1S/C9H8N2O2/c1-7(12)11-8-4-2-3-5-9(8)13-6-10/h2-5H,1H3,(H,11,12). The molecule has 0 aromatic heterocycles. The monoisotopic (exact) mass is 176 g/mol. The fourth-order valence-corrected chi connectivity index (χ4v) is 0.898. The second-order valence-electron chi connectivity index (χ2n) is 2.37. The van der Waals surface area contributed by atoms with E-state index in [2.05, 4.69) is 10.1 Å². The molecule has 0 saturated heterocycles. The highest BCUT2D eigenvalue weighted by molar-refractivity contribution is 5.90. The minimum atomic E-state index is -0.200. The van der Waals surface area contributed by atoms with Crippen LogP contribution in [0.2, 0.25) is 0 Å². The average Bonchev–Trinajstić information content (AvgIpc) is 2.08. The van der Waals surface area contributed by atoms with E-state index in [9.17, 15) is 4.79 Å². The molecule has 4 heteroatoms. The minimum absolute atomic E-state index is 0.200. The molecule has 0 saturated carbocycles. The predicted octanol–water partition coefficient (Wildman–Crippen LogP) is 1.50. The summed E-state index contributed by atoms with van der Waals surface area (Å²) in [6, 6.07) is 6.73. The van der Waals surface area contributed by atoms with Crippen molar-refractivity contribution in [2.75, 3.05) is 5.32 Å². The number of amides is 1. The fraction of sp³-hybridized carbons (Fsp3) is 0.111. The molecular formula is C9H8N2O2. The lowest BCUT2D eigenvalue weighted by Gasteiger charge is -2.05. The van der Waals surface area contributed by atoms with Crippen LogP contribution in [0.4, 0.5) is 5.69 Å². The molecule has 0 unspecified atom stereocenters. The molecule has 66 valence electrons. The molecule has 0 bridgehead atoms. The fourth-order valence-electron chi connectivity index (χ4n) is 0.898. The summed E-state index contributed by atoms with van der Waals surface area (Å²) in [5.41, 5.74) is 0.497. The Hall–Kier alpha value is -2.02. The molecule has 0 radical (unpaired) electrons. The van der Waals surface area contributed by atoms with Crippen LogP contribution < -0.4 is 10.1 Å². The van der Waals surface area contributed by atoms with E-state index < -0.39 is 0 Å². The van der Waals surface area contributed by atoms with Gasteiger partial charge in [0, 0.05) is 6.92 Å². The summed E-state index contributed by atoms with van der Waals surface area (Å²) in [4.78, 5) is 10.7. The Morgan fingerprint density at radius 1 is 1.54 bits per heavy atom. The van der Waals surface area contributed by atoms with Crippen molar-refractivity contribution in [2.24, 2.45) is 0 Å². The van der Waals surface area contributed by atoms with Crippen LogP contribution in [0.5, 0.6) is 5.75 Å². The van der Waals surface area contributed by atoms with Gasteiger partial charge in [-0.25, -0.2) is 0 Å². The highest BCUT2D eigenvalue weighted by Gasteiger charge is 2.03. The van der Waals surface area contributed by atoms with E-state index in [-0.39, 0.29) is 5.91 Å². The van der Waals surface area contributed by atoms with Crippen molar-refractivity contribution in [2.45, 2.75) is 6.92 Å². The number of carbonyl (C=O) groups is 1. The summed E-state index contributed by atoms with van der Waals surface area (Å²) in [6.45, 7) is 1.39. The first-order valence-corrected chi connectivity index (χ1v) is 3.66. The zero-order valence-electron chi connectivity index (χ0n) is 7.07. The lowest BCUT2D eigenvalue weighted by atomic mass is 10.3. The van der Waals surface area contributed by atoms with E-state index in [1.807, 2.05) is 0 Å². The van der Waals surface area contributed by atoms with Crippen molar-refractivity contribution in [1.82, 2.24) is 0 Å². The van der Waals surface area contributed by atoms with Gasteiger partial charge >= 0.3 is 0 Å². The van der Waals surface area contributed by atoms with Gasteiger partial charge in [0.25, 0.3) is 6.26 Å². The van der Waals surface area contributed by atoms with Gasteiger partial charge in [-0.3, -0.25) is 4.79 Å². The van der Waals surface area contributed by atoms with E-state index in [1.165, 1.54) is 6.92 Å². The number of rotatable bonds is 2. The topological polar surface area (TPSA) is 62.1 Å². The second-order valence-corrected chi connectivity index (χ2v) is 2.37. The van der Waals surface area contributed by atoms with Gasteiger partial charge in [0.15, 0.2) is 5.75 Å². The Morgan fingerprint density at radius 2 is 2.23 bits per heavy atom. The summed E-state index contributed by atoms with van der Waals surface area (Å²) >= 11 is 0. The van der Waals surface area contributed by atoms with Crippen molar-refractivity contribution >= 4 is 11.6 Å². The molecule has 0 heterocycles. The van der Waals surface area contributed by atoms with Crippen LogP contribution in [0.25, 0.3) is 0 Å². The normalized spacial score (nSPS) is 8.62. The Balaban J connectivity index is 2.92. The lowest BCUT2D eigenvalue weighted by Crippen LogP contribution is -2.06. The first-order valence-electron chi connectivity index (χ1n) is 3.66. The zero-order valence-corrected chi connectivity index (χ0v) is 7.07. The number of benzene rings is 1. The molecule has 1 rings (SSSR count). The maximum atomic E-state index is 10.7. The number of hydrogen-bond donors (Lipinski definition) is 1. The van der Waals surface area contributed by atoms with Crippen LogP contribution >= 0.6 is 0 Å². The molecule has 0 atom stereocenters. The van der Waals surface area contributed by atoms with Crippen LogP contribution in [-0.4, -0.2) is 5.91 Å². The van der Waals surface area contributed by atoms with Crippen molar-refractivity contribution in [1.29, 1.82) is 5.26 Å². The number of nitrogens with one attached hydrogen (secondary N) is 1. The molecular weight excluding hydrogens is 168 g/mol. The van der Waals surface area contributed by atoms with Crippen LogP contribution in [0.15, 0.2) is 24.3 Å². The number of anilines is 1. The minimum Gasteiger partial charge on any atom is -0.386 e. The third kappa shape index (κ3) is 2.49. The molecule has 0 spiro atoms. The maximum Gasteiger partial charge on any atom is 0.292 e. The summed E-state index contributed by atoms with van der Waals surface area (Å²) in [7, 11) is 0. The lowest BCUT2D eigenvalue weighted by molar-refractivity contribution is -0.114. The molecule has 1 aromatic carbocycles. The van der Waals surface area contributed by atoms with Gasteiger partial charge in [-0.2, -0.15) is 0 Å². The van der Waals surface area contributed by atoms with Gasteiger partial charge in [-0.05, 0) is 12.1 Å². The number of nitriles is 1. The largest absolute Gasteiger partial charge is 0.386 e. The van der Waals surface area contributed by atoms with Crippen molar-refractivity contribution in [3.63, 3.8) is 0 Å². The van der Waals surface area contributed by atoms with Crippen molar-refractivity contribution in [3.8, 4) is 12.0 Å². The van der Waals surface area contributed by atoms with Crippen LogP contribution in [0.1, 0.15) is 6.92 Å². The number of nitrogens with zero attached hydrogens (tertiary/aromatic N) is 1. The third-order valence-electron chi connectivity index (χ3n) is 1.35. The average molecular weight is 176 g/mol. The number of ether oxygens (including phenoxy) is 1. The van der Waals surface area contributed by atoms with E-state index in [4.69, 9.17) is 5.26 Å². The maximum absolute atomic E-state index is 10.7.